The van der Waals surface area contributed by atoms with E-state index in [1.165, 1.54) is 10.2 Å². The molecule has 0 saturated carbocycles. The molecule has 0 fully saturated rings. The summed E-state index contributed by atoms with van der Waals surface area (Å²) in [6, 6.07) is 27.1. The van der Waals surface area contributed by atoms with E-state index < -0.39 is 0 Å². The van der Waals surface area contributed by atoms with E-state index in [1.807, 2.05) is 54.6 Å². The molecule has 0 radical (unpaired) electrons. The Labute approximate surface area is 180 Å². The zero-order valence-electron chi connectivity index (χ0n) is 17.1. The Morgan fingerprint density at radius 1 is 0.903 bits per heavy atom. The van der Waals surface area contributed by atoms with E-state index in [0.717, 1.165) is 18.4 Å². The number of aryl methyl sites for hydroxylation is 2. The molecule has 1 amide bonds. The van der Waals surface area contributed by atoms with E-state index in [0.29, 0.717) is 10.9 Å². The molecule has 4 rings (SSSR count). The van der Waals surface area contributed by atoms with Gasteiger partial charge in [-0.1, -0.05) is 78.0 Å². The quantitative estimate of drug-likeness (QED) is 0.479. The van der Waals surface area contributed by atoms with Crippen LogP contribution in [0.25, 0.3) is 10.9 Å². The van der Waals surface area contributed by atoms with Crippen molar-refractivity contribution in [1.29, 1.82) is 0 Å². The van der Waals surface area contributed by atoms with Gasteiger partial charge in [0.1, 0.15) is 5.52 Å². The predicted octanol–water partition coefficient (Wildman–Crippen LogP) is 3.67. The highest BCUT2D eigenvalue weighted by Crippen LogP contribution is 2.19. The monoisotopic (exact) mass is 412 g/mol. The second kappa shape index (κ2) is 9.80. The normalized spacial score (nSPS) is 11.9. The summed E-state index contributed by atoms with van der Waals surface area (Å²) >= 11 is 0. The van der Waals surface area contributed by atoms with Crippen LogP contribution in [0.1, 0.15) is 30.0 Å². The van der Waals surface area contributed by atoms with Crippen LogP contribution < -0.4 is 10.9 Å². The van der Waals surface area contributed by atoms with Crippen molar-refractivity contribution in [1.82, 2.24) is 20.3 Å². The number of carbonyl (C=O) groups is 1. The fraction of sp³-hybridized carbons (Fsp3) is 0.200. The minimum Gasteiger partial charge on any atom is -0.349 e. The van der Waals surface area contributed by atoms with E-state index in [2.05, 4.69) is 27.8 Å². The number of hydrogen-bond donors (Lipinski definition) is 1. The molecule has 31 heavy (non-hydrogen) atoms. The fourth-order valence-corrected chi connectivity index (χ4v) is 3.61. The first-order valence-corrected chi connectivity index (χ1v) is 10.4. The van der Waals surface area contributed by atoms with Crippen molar-refractivity contribution in [3.05, 3.63) is 106 Å². The largest absolute Gasteiger partial charge is 0.349 e. The van der Waals surface area contributed by atoms with Gasteiger partial charge in [-0.05, 0) is 36.1 Å². The third kappa shape index (κ3) is 5.22. The van der Waals surface area contributed by atoms with Gasteiger partial charge in [-0.15, -0.1) is 5.10 Å². The molecule has 0 saturated heterocycles. The second-order valence-corrected chi connectivity index (χ2v) is 7.44. The van der Waals surface area contributed by atoms with Gasteiger partial charge in [0.25, 0.3) is 5.56 Å². The molecular formula is C25H24N4O2. The molecule has 0 aliphatic heterocycles. The maximum absolute atomic E-state index is 12.7. The van der Waals surface area contributed by atoms with Crippen LogP contribution >= 0.6 is 0 Å². The first kappa shape index (κ1) is 20.5. The molecule has 0 bridgehead atoms. The number of amides is 1. The Morgan fingerprint density at radius 3 is 2.35 bits per heavy atom. The number of nitrogens with zero attached hydrogens (tertiary/aromatic N) is 3. The van der Waals surface area contributed by atoms with Crippen LogP contribution in [0.5, 0.6) is 0 Å². The van der Waals surface area contributed by atoms with Crippen molar-refractivity contribution in [2.45, 2.75) is 31.8 Å². The zero-order valence-corrected chi connectivity index (χ0v) is 17.1. The Morgan fingerprint density at radius 2 is 1.58 bits per heavy atom. The SMILES string of the molecule is O=C(CCn1nnc2ccccc2c1=O)NC(CCc1ccccc1)c1ccccc1. The van der Waals surface area contributed by atoms with Gasteiger partial charge in [-0.2, -0.15) is 0 Å². The average molecular weight is 412 g/mol. The van der Waals surface area contributed by atoms with E-state index in [1.54, 1.807) is 18.2 Å². The molecule has 1 heterocycles. The van der Waals surface area contributed by atoms with Crippen molar-refractivity contribution in [3.63, 3.8) is 0 Å². The lowest BCUT2D eigenvalue weighted by Gasteiger charge is -2.19. The zero-order chi connectivity index (χ0) is 21.5. The molecule has 0 aliphatic rings. The van der Waals surface area contributed by atoms with Crippen molar-refractivity contribution in [2.24, 2.45) is 0 Å². The molecule has 4 aromatic rings. The molecule has 3 aromatic carbocycles. The number of aromatic nitrogens is 3. The standard InChI is InChI=1S/C25H24N4O2/c30-24(17-18-29-25(31)21-13-7-8-14-23(21)27-28-29)26-22(20-11-5-2-6-12-20)16-15-19-9-3-1-4-10-19/h1-14,22H,15-18H2,(H,26,30). The smallest absolute Gasteiger partial charge is 0.277 e. The Balaban J connectivity index is 1.42. The topological polar surface area (TPSA) is 76.9 Å². The molecule has 1 aromatic heterocycles. The van der Waals surface area contributed by atoms with Crippen molar-refractivity contribution < 1.29 is 4.79 Å². The molecule has 1 unspecified atom stereocenters. The first-order chi connectivity index (χ1) is 15.2. The van der Waals surface area contributed by atoms with Gasteiger partial charge >= 0.3 is 0 Å². The number of fused-ring (bicyclic) bond motifs is 1. The molecule has 1 atom stereocenters. The van der Waals surface area contributed by atoms with Crippen LogP contribution in [0.4, 0.5) is 0 Å². The average Bonchev–Trinajstić information content (AvgIpc) is 2.83. The highest BCUT2D eigenvalue weighted by Gasteiger charge is 2.15. The minimum absolute atomic E-state index is 0.103. The lowest BCUT2D eigenvalue weighted by Crippen LogP contribution is -2.32. The van der Waals surface area contributed by atoms with Gasteiger partial charge in [-0.25, -0.2) is 4.68 Å². The molecule has 1 N–H and O–H groups in total. The maximum atomic E-state index is 12.7. The summed E-state index contributed by atoms with van der Waals surface area (Å²) in [6.07, 6.45) is 1.80. The number of hydrogen-bond acceptors (Lipinski definition) is 4. The molecule has 156 valence electrons. The summed E-state index contributed by atoms with van der Waals surface area (Å²) in [4.78, 5) is 25.3. The summed E-state index contributed by atoms with van der Waals surface area (Å²) in [7, 11) is 0. The van der Waals surface area contributed by atoms with Crippen LogP contribution in [-0.4, -0.2) is 20.9 Å². The van der Waals surface area contributed by atoms with Crippen molar-refractivity contribution in [3.8, 4) is 0 Å². The summed E-state index contributed by atoms with van der Waals surface area (Å²) < 4.78 is 1.25. The molecule has 0 spiro atoms. The maximum Gasteiger partial charge on any atom is 0.277 e. The summed E-state index contributed by atoms with van der Waals surface area (Å²) in [6.45, 7) is 0.183. The number of carbonyl (C=O) groups excluding carboxylic acids is 1. The lowest BCUT2D eigenvalue weighted by atomic mass is 9.99. The van der Waals surface area contributed by atoms with Gasteiger partial charge in [0.15, 0.2) is 0 Å². The molecule has 6 heteroatoms. The number of nitrogens with one attached hydrogen (secondary N) is 1. The van der Waals surface area contributed by atoms with Gasteiger partial charge < -0.3 is 5.32 Å². The molecular weight excluding hydrogens is 388 g/mol. The van der Waals surface area contributed by atoms with Gasteiger partial charge in [0.2, 0.25) is 5.91 Å². The third-order valence-electron chi connectivity index (χ3n) is 5.28. The van der Waals surface area contributed by atoms with Gasteiger partial charge in [-0.3, -0.25) is 9.59 Å². The second-order valence-electron chi connectivity index (χ2n) is 7.44. The predicted molar refractivity (Wildman–Crippen MR) is 121 cm³/mol. The van der Waals surface area contributed by atoms with E-state index in [-0.39, 0.29) is 30.5 Å². The van der Waals surface area contributed by atoms with Gasteiger partial charge in [0.05, 0.1) is 18.0 Å². The first-order valence-electron chi connectivity index (χ1n) is 10.4. The highest BCUT2D eigenvalue weighted by molar-refractivity contribution is 5.77. The lowest BCUT2D eigenvalue weighted by molar-refractivity contribution is -0.122. The number of rotatable bonds is 8. The third-order valence-corrected chi connectivity index (χ3v) is 5.28. The van der Waals surface area contributed by atoms with Crippen LogP contribution in [0.3, 0.4) is 0 Å². The van der Waals surface area contributed by atoms with E-state index in [9.17, 15) is 9.59 Å². The number of benzene rings is 3. The van der Waals surface area contributed by atoms with E-state index in [4.69, 9.17) is 0 Å². The Hall–Kier alpha value is -3.80. The van der Waals surface area contributed by atoms with Gasteiger partial charge in [0, 0.05) is 6.42 Å². The molecule has 6 nitrogen and oxygen atoms in total. The van der Waals surface area contributed by atoms with Crippen molar-refractivity contribution in [2.75, 3.05) is 0 Å². The Bertz CT molecular complexity index is 1210. The highest BCUT2D eigenvalue weighted by atomic mass is 16.2. The van der Waals surface area contributed by atoms with Crippen molar-refractivity contribution >= 4 is 16.8 Å². The summed E-state index contributed by atoms with van der Waals surface area (Å²) in [5.41, 5.74) is 2.62. The summed E-state index contributed by atoms with van der Waals surface area (Å²) in [5, 5.41) is 11.7. The van der Waals surface area contributed by atoms with E-state index >= 15 is 0 Å². The Kier molecular flexibility index (Phi) is 6.47. The van der Waals surface area contributed by atoms with Crippen LogP contribution in [-0.2, 0) is 17.8 Å². The minimum atomic E-state index is -0.234. The fourth-order valence-electron chi connectivity index (χ4n) is 3.61. The van der Waals surface area contributed by atoms with Crippen LogP contribution in [0, 0.1) is 0 Å². The van der Waals surface area contributed by atoms with Crippen LogP contribution in [0.2, 0.25) is 0 Å². The molecule has 0 aliphatic carbocycles. The summed E-state index contributed by atoms with van der Waals surface area (Å²) in [5.74, 6) is -0.122. The van der Waals surface area contributed by atoms with Crippen LogP contribution in [0.15, 0.2) is 89.7 Å².